The normalized spacial score (nSPS) is 17.1. The van der Waals surface area contributed by atoms with Crippen molar-refractivity contribution in [1.82, 2.24) is 9.80 Å². The van der Waals surface area contributed by atoms with Gasteiger partial charge in [-0.25, -0.2) is 0 Å². The lowest BCUT2D eigenvalue weighted by molar-refractivity contribution is 0.0642. The zero-order valence-corrected chi connectivity index (χ0v) is 21.1. The van der Waals surface area contributed by atoms with E-state index in [9.17, 15) is 9.59 Å². The van der Waals surface area contributed by atoms with Crippen LogP contribution >= 0.6 is 11.3 Å². The molecule has 6 nitrogen and oxygen atoms in total. The van der Waals surface area contributed by atoms with Crippen LogP contribution in [0.4, 0.5) is 5.69 Å². The number of piperazine rings is 1. The van der Waals surface area contributed by atoms with Gasteiger partial charge in [-0.1, -0.05) is 18.2 Å². The number of rotatable bonds is 8. The summed E-state index contributed by atoms with van der Waals surface area (Å²) in [5, 5.41) is 3.95. The Morgan fingerprint density at radius 2 is 1.71 bits per heavy atom. The Bertz CT molecular complexity index is 1180. The maximum atomic E-state index is 13.3. The molecule has 3 aromatic rings. The quantitative estimate of drug-likeness (QED) is 0.430. The summed E-state index contributed by atoms with van der Waals surface area (Å²) in [6.45, 7) is 6.19. The fourth-order valence-corrected chi connectivity index (χ4v) is 5.70. The van der Waals surface area contributed by atoms with Gasteiger partial charge in [0.05, 0.1) is 30.5 Å². The van der Waals surface area contributed by atoms with Gasteiger partial charge < -0.3 is 9.64 Å². The molecule has 0 aliphatic carbocycles. The van der Waals surface area contributed by atoms with E-state index >= 15 is 0 Å². The molecule has 0 radical (unpaired) electrons. The first-order valence-electron chi connectivity index (χ1n) is 12.2. The third-order valence-electron chi connectivity index (χ3n) is 7.19. The number of nitrogens with zero attached hydrogens (tertiary/aromatic N) is 3. The minimum Gasteiger partial charge on any atom is -0.497 e. The van der Waals surface area contributed by atoms with Gasteiger partial charge in [0.1, 0.15) is 5.75 Å². The van der Waals surface area contributed by atoms with E-state index in [-0.39, 0.29) is 11.8 Å². The molecule has 2 amide bonds. The third-order valence-corrected chi connectivity index (χ3v) is 7.92. The van der Waals surface area contributed by atoms with E-state index < -0.39 is 0 Å². The largest absolute Gasteiger partial charge is 0.497 e. The molecule has 0 saturated carbocycles. The van der Waals surface area contributed by atoms with Crippen LogP contribution in [0.1, 0.15) is 45.2 Å². The van der Waals surface area contributed by atoms with Crippen LogP contribution < -0.4 is 9.64 Å². The molecule has 2 aliphatic heterocycles. The van der Waals surface area contributed by atoms with Gasteiger partial charge in [-0.05, 0) is 72.0 Å². The van der Waals surface area contributed by atoms with Crippen LogP contribution in [0.5, 0.6) is 5.75 Å². The smallest absolute Gasteiger partial charge is 0.263 e. The number of carbonyl (C=O) groups excluding carboxylic acids is 2. The Morgan fingerprint density at radius 3 is 2.40 bits per heavy atom. The van der Waals surface area contributed by atoms with E-state index in [4.69, 9.17) is 4.74 Å². The summed E-state index contributed by atoms with van der Waals surface area (Å²) in [6.07, 6.45) is 2.13. The first-order valence-corrected chi connectivity index (χ1v) is 13.1. The molecule has 5 rings (SSSR count). The number of anilines is 1. The van der Waals surface area contributed by atoms with E-state index in [1.165, 1.54) is 10.5 Å². The Morgan fingerprint density at radius 1 is 0.943 bits per heavy atom. The van der Waals surface area contributed by atoms with Crippen LogP contribution in [-0.4, -0.2) is 60.9 Å². The van der Waals surface area contributed by atoms with Crippen molar-refractivity contribution in [3.05, 3.63) is 81.5 Å². The molecule has 1 saturated heterocycles. The number of benzene rings is 2. The summed E-state index contributed by atoms with van der Waals surface area (Å²) < 4.78 is 5.25. The lowest BCUT2D eigenvalue weighted by Crippen LogP contribution is -2.50. The maximum absolute atomic E-state index is 13.3. The lowest BCUT2D eigenvalue weighted by atomic mass is 10.0. The summed E-state index contributed by atoms with van der Waals surface area (Å²) in [5.41, 5.74) is 4.29. The molecule has 7 heteroatoms. The van der Waals surface area contributed by atoms with Crippen LogP contribution in [0.2, 0.25) is 0 Å². The molecular formula is C28H31N3O3S. The SMILES string of the molecule is COc1ccc(CC[C@H](C)N2CCN(c3cccc4c3C(=O)N(Cc3ccsc3)C4=O)CC2)cc1. The second-order valence-corrected chi connectivity index (χ2v) is 10.1. The number of thiophene rings is 1. The number of carbonyl (C=O) groups is 2. The first-order chi connectivity index (χ1) is 17.0. The minimum atomic E-state index is -0.191. The average molecular weight is 490 g/mol. The molecule has 0 bridgehead atoms. The van der Waals surface area contributed by atoms with Gasteiger partial charge in [0.25, 0.3) is 11.8 Å². The number of ether oxygens (including phenoxy) is 1. The molecule has 1 atom stereocenters. The topological polar surface area (TPSA) is 53.1 Å². The van der Waals surface area contributed by atoms with Crippen molar-refractivity contribution >= 4 is 28.8 Å². The van der Waals surface area contributed by atoms with Crippen molar-refractivity contribution in [1.29, 1.82) is 0 Å². The van der Waals surface area contributed by atoms with Crippen LogP contribution in [0.15, 0.2) is 59.3 Å². The second-order valence-electron chi connectivity index (χ2n) is 9.29. The summed E-state index contributed by atoms with van der Waals surface area (Å²) in [4.78, 5) is 32.5. The molecule has 2 aliphatic rings. The van der Waals surface area contributed by atoms with Gasteiger partial charge in [-0.15, -0.1) is 0 Å². The fourth-order valence-electron chi connectivity index (χ4n) is 5.04. The van der Waals surface area contributed by atoms with Gasteiger partial charge in [-0.3, -0.25) is 19.4 Å². The molecule has 35 heavy (non-hydrogen) atoms. The van der Waals surface area contributed by atoms with Gasteiger partial charge >= 0.3 is 0 Å². The molecule has 3 heterocycles. The molecule has 1 aromatic heterocycles. The van der Waals surface area contributed by atoms with Gasteiger partial charge in [0, 0.05) is 32.2 Å². The first kappa shape index (κ1) is 23.6. The molecule has 0 spiro atoms. The Kier molecular flexibility index (Phi) is 6.88. The number of hydrogen-bond donors (Lipinski definition) is 0. The number of hydrogen-bond acceptors (Lipinski definition) is 6. The number of methoxy groups -OCH3 is 1. The van der Waals surface area contributed by atoms with Crippen LogP contribution in [0, 0.1) is 0 Å². The molecule has 0 N–H and O–H groups in total. The predicted molar refractivity (Wildman–Crippen MR) is 140 cm³/mol. The third kappa shape index (κ3) is 4.83. The average Bonchev–Trinajstić information content (AvgIpc) is 3.50. The van der Waals surface area contributed by atoms with Gasteiger partial charge in [0.15, 0.2) is 0 Å². The van der Waals surface area contributed by atoms with Crippen molar-refractivity contribution in [2.45, 2.75) is 32.4 Å². The molecule has 182 valence electrons. The number of imide groups is 1. The highest BCUT2D eigenvalue weighted by atomic mass is 32.1. The van der Waals surface area contributed by atoms with Crippen molar-refractivity contribution in [3.8, 4) is 5.75 Å². The zero-order valence-electron chi connectivity index (χ0n) is 20.3. The maximum Gasteiger partial charge on any atom is 0.263 e. The number of fused-ring (bicyclic) bond motifs is 1. The van der Waals surface area contributed by atoms with Crippen molar-refractivity contribution in [2.75, 3.05) is 38.2 Å². The van der Waals surface area contributed by atoms with E-state index in [0.717, 1.165) is 56.0 Å². The predicted octanol–water partition coefficient (Wildman–Crippen LogP) is 4.70. The standard InChI is InChI=1S/C28H31N3O3S/c1-20(6-7-21-8-10-23(34-2)11-9-21)29-13-15-30(16-14-29)25-5-3-4-24-26(25)28(33)31(27(24)32)18-22-12-17-35-19-22/h3-5,8-12,17,19-20H,6-7,13-16,18H2,1-2H3/t20-/m0/s1. The van der Waals surface area contributed by atoms with E-state index in [0.29, 0.717) is 23.7 Å². The van der Waals surface area contributed by atoms with Crippen LogP contribution in [0.3, 0.4) is 0 Å². The number of amides is 2. The molecular weight excluding hydrogens is 458 g/mol. The lowest BCUT2D eigenvalue weighted by Gasteiger charge is -2.39. The summed E-state index contributed by atoms with van der Waals surface area (Å²) in [6, 6.07) is 16.4. The van der Waals surface area contributed by atoms with Gasteiger partial charge in [-0.2, -0.15) is 11.3 Å². The van der Waals surface area contributed by atoms with E-state index in [1.54, 1.807) is 24.5 Å². The summed E-state index contributed by atoms with van der Waals surface area (Å²) in [5.74, 6) is 0.519. The summed E-state index contributed by atoms with van der Waals surface area (Å²) in [7, 11) is 1.69. The summed E-state index contributed by atoms with van der Waals surface area (Å²) >= 11 is 1.57. The minimum absolute atomic E-state index is 0.179. The molecule has 1 fully saturated rings. The van der Waals surface area contributed by atoms with Crippen LogP contribution in [-0.2, 0) is 13.0 Å². The fraction of sp³-hybridized carbons (Fsp3) is 0.357. The van der Waals surface area contributed by atoms with Crippen molar-refractivity contribution in [3.63, 3.8) is 0 Å². The van der Waals surface area contributed by atoms with Crippen molar-refractivity contribution in [2.24, 2.45) is 0 Å². The highest BCUT2D eigenvalue weighted by Gasteiger charge is 2.38. The Labute approximate surface area is 210 Å². The highest BCUT2D eigenvalue weighted by molar-refractivity contribution is 7.07. The molecule has 2 aromatic carbocycles. The van der Waals surface area contributed by atoms with Crippen LogP contribution in [0.25, 0.3) is 0 Å². The monoisotopic (exact) mass is 489 g/mol. The van der Waals surface area contributed by atoms with E-state index in [2.05, 4.69) is 28.9 Å². The van der Waals surface area contributed by atoms with E-state index in [1.807, 2.05) is 41.1 Å². The zero-order chi connectivity index (χ0) is 24.4. The highest BCUT2D eigenvalue weighted by Crippen LogP contribution is 2.33. The number of aryl methyl sites for hydroxylation is 1. The van der Waals surface area contributed by atoms with Crippen molar-refractivity contribution < 1.29 is 14.3 Å². The van der Waals surface area contributed by atoms with Gasteiger partial charge in [0.2, 0.25) is 0 Å². The Hall–Kier alpha value is -3.16. The Balaban J connectivity index is 1.21. The second kappa shape index (κ2) is 10.2. The molecule has 0 unspecified atom stereocenters.